The third kappa shape index (κ3) is 2.86. The molecular formula is C9H4F3NO3S. The Morgan fingerprint density at radius 2 is 2.06 bits per heavy atom. The number of alkyl halides is 3. The van der Waals surface area contributed by atoms with Gasteiger partial charge in [-0.25, -0.2) is 0 Å². The number of Topliss-reactive ketones (excluding diaryl/α,β-unsaturated/α-hetero) is 1. The van der Waals surface area contributed by atoms with Gasteiger partial charge in [-0.2, -0.15) is 18.2 Å². The maximum absolute atomic E-state index is 12.4. The van der Waals surface area contributed by atoms with E-state index in [9.17, 15) is 22.8 Å². The number of thiocarbonyl (C=S) groups is 1. The number of ketones is 1. The maximum atomic E-state index is 12.4. The number of rotatable bonds is 2. The van der Waals surface area contributed by atoms with E-state index in [1.165, 1.54) is 0 Å². The average molecular weight is 263 g/mol. The summed E-state index contributed by atoms with van der Waals surface area (Å²) in [5.74, 6) is -4.49. The molecule has 4 nitrogen and oxygen atoms in total. The van der Waals surface area contributed by atoms with Crippen molar-refractivity contribution in [3.63, 3.8) is 0 Å². The number of allylic oxidation sites excluding steroid dienone is 1. The summed E-state index contributed by atoms with van der Waals surface area (Å²) in [7, 11) is 0. The van der Waals surface area contributed by atoms with Crippen LogP contribution in [0.15, 0.2) is 28.4 Å². The van der Waals surface area contributed by atoms with Crippen molar-refractivity contribution in [3.05, 3.63) is 23.4 Å². The highest BCUT2D eigenvalue weighted by Gasteiger charge is 2.42. The molecule has 0 spiro atoms. The first kappa shape index (κ1) is 13.3. The molecule has 1 rings (SSSR count). The summed E-state index contributed by atoms with van der Waals surface area (Å²) in [5.41, 5.74) is -2.22. The number of carboxylic acid groups (broad SMARTS) is 1. The number of carboxylic acids is 1. The van der Waals surface area contributed by atoms with E-state index < -0.39 is 35.1 Å². The van der Waals surface area contributed by atoms with Crippen LogP contribution in [-0.2, 0) is 9.59 Å². The van der Waals surface area contributed by atoms with Gasteiger partial charge in [-0.1, -0.05) is 6.08 Å². The van der Waals surface area contributed by atoms with Crippen LogP contribution in [0.3, 0.4) is 0 Å². The molecule has 0 fully saturated rings. The molecule has 1 aliphatic carbocycles. The van der Waals surface area contributed by atoms with E-state index in [4.69, 9.17) is 5.11 Å². The van der Waals surface area contributed by atoms with Gasteiger partial charge in [0.2, 0.25) is 5.78 Å². The lowest BCUT2D eigenvalue weighted by Crippen LogP contribution is -2.27. The average Bonchev–Trinajstić information content (AvgIpc) is 2.19. The molecule has 1 N–H and O–H groups in total. The molecule has 90 valence electrons. The first-order valence-corrected chi connectivity index (χ1v) is 4.54. The van der Waals surface area contributed by atoms with Crippen LogP contribution in [-0.4, -0.2) is 28.2 Å². The van der Waals surface area contributed by atoms with Gasteiger partial charge in [0.25, 0.3) is 0 Å². The van der Waals surface area contributed by atoms with Crippen LogP contribution in [0.5, 0.6) is 0 Å². The van der Waals surface area contributed by atoms with Gasteiger partial charge < -0.3 is 5.11 Å². The minimum atomic E-state index is -4.93. The fourth-order valence-electron chi connectivity index (χ4n) is 1.19. The molecule has 1 unspecified atom stereocenters. The molecule has 0 bridgehead atoms. The lowest BCUT2D eigenvalue weighted by atomic mass is 9.93. The van der Waals surface area contributed by atoms with Gasteiger partial charge in [-0.05, 0) is 18.3 Å². The lowest BCUT2D eigenvalue weighted by molar-refractivity contribution is -0.138. The second-order valence-electron chi connectivity index (χ2n) is 3.03. The van der Waals surface area contributed by atoms with Crippen molar-refractivity contribution < 1.29 is 27.9 Å². The number of halogens is 3. The molecule has 8 heteroatoms. The molecule has 1 atom stereocenters. The molecule has 0 radical (unpaired) electrons. The second-order valence-corrected chi connectivity index (χ2v) is 3.21. The van der Waals surface area contributed by atoms with Crippen molar-refractivity contribution in [1.29, 1.82) is 0 Å². The van der Waals surface area contributed by atoms with E-state index in [-0.39, 0.29) is 0 Å². The largest absolute Gasteiger partial charge is 0.481 e. The van der Waals surface area contributed by atoms with E-state index in [1.807, 2.05) is 0 Å². The van der Waals surface area contributed by atoms with Crippen LogP contribution in [0.25, 0.3) is 0 Å². The molecule has 0 saturated carbocycles. The third-order valence-corrected chi connectivity index (χ3v) is 2.01. The minimum Gasteiger partial charge on any atom is -0.481 e. The van der Waals surface area contributed by atoms with Gasteiger partial charge >= 0.3 is 12.1 Å². The van der Waals surface area contributed by atoms with E-state index in [0.717, 1.165) is 6.08 Å². The highest BCUT2D eigenvalue weighted by Crippen LogP contribution is 2.33. The molecule has 0 aromatic carbocycles. The van der Waals surface area contributed by atoms with Crippen molar-refractivity contribution in [1.82, 2.24) is 0 Å². The van der Waals surface area contributed by atoms with Crippen molar-refractivity contribution in [2.24, 2.45) is 10.9 Å². The number of isothiocyanates is 1. The van der Waals surface area contributed by atoms with Crippen LogP contribution in [0.2, 0.25) is 0 Å². The summed E-state index contributed by atoms with van der Waals surface area (Å²) in [6, 6.07) is 0. The zero-order valence-corrected chi connectivity index (χ0v) is 8.80. The number of nitrogens with zero attached hydrogens (tertiary/aromatic N) is 1. The third-order valence-electron chi connectivity index (χ3n) is 1.92. The molecule has 1 aliphatic rings. The van der Waals surface area contributed by atoms with Crippen LogP contribution >= 0.6 is 12.2 Å². The van der Waals surface area contributed by atoms with Gasteiger partial charge in [0.05, 0.1) is 11.1 Å². The van der Waals surface area contributed by atoms with Gasteiger partial charge in [0.15, 0.2) is 0 Å². The Morgan fingerprint density at radius 1 is 1.47 bits per heavy atom. The highest BCUT2D eigenvalue weighted by atomic mass is 32.1. The maximum Gasteiger partial charge on any atom is 0.419 e. The molecule has 17 heavy (non-hydrogen) atoms. The number of carbonyl (C=O) groups excluding carboxylic acids is 1. The van der Waals surface area contributed by atoms with Crippen molar-refractivity contribution in [3.8, 4) is 0 Å². The summed E-state index contributed by atoms with van der Waals surface area (Å²) in [6.45, 7) is 0. The second kappa shape index (κ2) is 4.60. The topological polar surface area (TPSA) is 66.7 Å². The van der Waals surface area contributed by atoms with Crippen molar-refractivity contribution in [2.45, 2.75) is 6.18 Å². The number of aliphatic carboxylic acids is 1. The smallest absolute Gasteiger partial charge is 0.419 e. The first-order chi connectivity index (χ1) is 7.77. The van der Waals surface area contributed by atoms with Crippen molar-refractivity contribution in [2.75, 3.05) is 0 Å². The van der Waals surface area contributed by atoms with Gasteiger partial charge in [-0.3, -0.25) is 9.59 Å². The van der Waals surface area contributed by atoms with E-state index in [0.29, 0.717) is 6.08 Å². The molecular weight excluding hydrogens is 259 g/mol. The Bertz CT molecular complexity index is 486. The summed E-state index contributed by atoms with van der Waals surface area (Å²) >= 11 is 4.16. The fourth-order valence-corrected chi connectivity index (χ4v) is 1.29. The fraction of sp³-hybridized carbons (Fsp3) is 0.222. The Kier molecular flexibility index (Phi) is 3.59. The molecule has 0 aromatic heterocycles. The lowest BCUT2D eigenvalue weighted by Gasteiger charge is -2.16. The monoisotopic (exact) mass is 263 g/mol. The quantitative estimate of drug-likeness (QED) is 0.608. The van der Waals surface area contributed by atoms with E-state index in [2.05, 4.69) is 17.2 Å². The number of aliphatic imine (C=N–C) groups is 1. The number of carbonyl (C=O) groups is 2. The van der Waals surface area contributed by atoms with E-state index >= 15 is 0 Å². The Hall–Kier alpha value is -1.79. The molecule has 0 saturated heterocycles. The Balaban J connectivity index is 3.29. The predicted octanol–water partition coefficient (Wildman–Crippen LogP) is 1.75. The summed E-state index contributed by atoms with van der Waals surface area (Å²) in [4.78, 5) is 25.1. The van der Waals surface area contributed by atoms with Gasteiger partial charge in [0.1, 0.15) is 11.3 Å². The number of hydrogen-bond acceptors (Lipinski definition) is 4. The van der Waals surface area contributed by atoms with Crippen LogP contribution in [0.1, 0.15) is 0 Å². The minimum absolute atomic E-state index is 0.340. The van der Waals surface area contributed by atoms with Crippen LogP contribution in [0, 0.1) is 5.92 Å². The van der Waals surface area contributed by atoms with Gasteiger partial charge in [-0.15, -0.1) is 0 Å². The number of hydrogen-bond donors (Lipinski definition) is 1. The van der Waals surface area contributed by atoms with Crippen LogP contribution in [0.4, 0.5) is 13.2 Å². The summed E-state index contributed by atoms with van der Waals surface area (Å²) < 4.78 is 37.3. The van der Waals surface area contributed by atoms with Crippen molar-refractivity contribution >= 4 is 29.1 Å². The normalized spacial score (nSPS) is 20.2. The molecule has 0 amide bonds. The predicted molar refractivity (Wildman–Crippen MR) is 53.4 cm³/mol. The van der Waals surface area contributed by atoms with Crippen LogP contribution < -0.4 is 0 Å². The molecule has 0 heterocycles. The zero-order chi connectivity index (χ0) is 13.2. The summed E-state index contributed by atoms with van der Waals surface area (Å²) in [6.07, 6.45) is -3.80. The zero-order valence-electron chi connectivity index (χ0n) is 7.99. The highest BCUT2D eigenvalue weighted by molar-refractivity contribution is 7.78. The molecule has 0 aromatic rings. The van der Waals surface area contributed by atoms with E-state index in [1.54, 1.807) is 5.16 Å². The Morgan fingerprint density at radius 3 is 2.47 bits per heavy atom. The van der Waals surface area contributed by atoms with Gasteiger partial charge in [0, 0.05) is 0 Å². The SMILES string of the molecule is O=C1C(N=C=S)=CC(C(=O)O)C=C1C(F)(F)F. The standard InChI is InChI=1S/C9H4F3NO3S/c10-9(11,12)5-1-4(8(15)16)2-6(7(5)14)13-3-17/h1-2,4H,(H,15,16). The molecule has 0 aliphatic heterocycles. The summed E-state index contributed by atoms with van der Waals surface area (Å²) in [5, 5.41) is 10.4. The first-order valence-electron chi connectivity index (χ1n) is 4.13. The Labute approximate surface area is 98.1 Å².